The first-order valence-electron chi connectivity index (χ1n) is 9.04. The zero-order valence-corrected chi connectivity index (χ0v) is 16.5. The van der Waals surface area contributed by atoms with Gasteiger partial charge in [-0.15, -0.1) is 0 Å². The summed E-state index contributed by atoms with van der Waals surface area (Å²) >= 11 is 0. The third kappa shape index (κ3) is 2.96. The van der Waals surface area contributed by atoms with Crippen molar-refractivity contribution >= 4 is 16.9 Å². The number of nitrogens with one attached hydrogen (secondary N) is 1. The first-order chi connectivity index (χ1) is 13.3. The molecular formula is C20H22N6O2. The molecule has 8 heteroatoms. The van der Waals surface area contributed by atoms with Gasteiger partial charge < -0.3 is 9.73 Å². The Morgan fingerprint density at radius 1 is 1.21 bits per heavy atom. The van der Waals surface area contributed by atoms with Gasteiger partial charge in [0.05, 0.1) is 34.6 Å². The quantitative estimate of drug-likeness (QED) is 0.589. The van der Waals surface area contributed by atoms with E-state index in [0.717, 1.165) is 22.3 Å². The number of hydrogen-bond donors (Lipinski definition) is 1. The second-order valence-electron chi connectivity index (χ2n) is 6.98. The van der Waals surface area contributed by atoms with Crippen LogP contribution in [0.4, 0.5) is 0 Å². The van der Waals surface area contributed by atoms with Crippen molar-refractivity contribution < 1.29 is 9.21 Å². The number of nitrogens with zero attached hydrogens (tertiary/aromatic N) is 5. The minimum Gasteiger partial charge on any atom is -0.463 e. The normalized spacial score (nSPS) is 12.5. The molecule has 4 aromatic heterocycles. The molecule has 1 N–H and O–H groups in total. The lowest BCUT2D eigenvalue weighted by molar-refractivity contribution is 0.0941. The number of hydrogen-bond acceptors (Lipinski definition) is 5. The van der Waals surface area contributed by atoms with Gasteiger partial charge in [0.1, 0.15) is 5.69 Å². The Labute approximate surface area is 162 Å². The van der Waals surface area contributed by atoms with Crippen molar-refractivity contribution in [3.63, 3.8) is 0 Å². The van der Waals surface area contributed by atoms with Gasteiger partial charge in [0.25, 0.3) is 5.91 Å². The molecule has 0 radical (unpaired) electrons. The van der Waals surface area contributed by atoms with Crippen LogP contribution in [0.5, 0.6) is 0 Å². The number of fused-ring (bicyclic) bond motifs is 1. The van der Waals surface area contributed by atoms with Gasteiger partial charge >= 0.3 is 0 Å². The number of carbonyl (C=O) groups excluding carboxylic acids is 1. The van der Waals surface area contributed by atoms with Gasteiger partial charge in [0.2, 0.25) is 0 Å². The maximum absolute atomic E-state index is 13.2. The highest BCUT2D eigenvalue weighted by atomic mass is 16.3. The molecule has 0 saturated carbocycles. The molecule has 4 rings (SSSR count). The van der Waals surface area contributed by atoms with Gasteiger partial charge in [-0.1, -0.05) is 0 Å². The Morgan fingerprint density at radius 2 is 2.00 bits per heavy atom. The Balaban J connectivity index is 1.78. The molecule has 1 unspecified atom stereocenters. The highest BCUT2D eigenvalue weighted by Crippen LogP contribution is 2.27. The van der Waals surface area contributed by atoms with Gasteiger partial charge in [-0.3, -0.25) is 14.2 Å². The smallest absolute Gasteiger partial charge is 0.252 e. The van der Waals surface area contributed by atoms with E-state index in [2.05, 4.69) is 20.5 Å². The number of carbonyl (C=O) groups is 1. The zero-order valence-electron chi connectivity index (χ0n) is 16.5. The third-order valence-electron chi connectivity index (χ3n) is 4.85. The average Bonchev–Trinajstić information content (AvgIpc) is 3.35. The molecule has 0 spiro atoms. The highest BCUT2D eigenvalue weighted by Gasteiger charge is 2.22. The molecule has 8 nitrogen and oxygen atoms in total. The van der Waals surface area contributed by atoms with E-state index in [1.165, 1.54) is 0 Å². The Morgan fingerprint density at radius 3 is 2.64 bits per heavy atom. The van der Waals surface area contributed by atoms with E-state index in [4.69, 9.17) is 4.42 Å². The summed E-state index contributed by atoms with van der Waals surface area (Å²) in [5.41, 5.74) is 4.39. The standard InChI is InChI=1S/C20H22N6O2/c1-11(15-10-25(4)23-12(15)2)21-20(27)14-9-16(17-7-6-8-28-17)22-19-18(14)13(3)24-26(19)5/h6-11H,1-5H3,(H,21,27). The molecule has 28 heavy (non-hydrogen) atoms. The van der Waals surface area contributed by atoms with E-state index in [9.17, 15) is 4.79 Å². The molecule has 1 atom stereocenters. The summed E-state index contributed by atoms with van der Waals surface area (Å²) in [5, 5.41) is 12.6. The first kappa shape index (κ1) is 18.0. The van der Waals surface area contributed by atoms with Crippen LogP contribution in [0.25, 0.3) is 22.5 Å². The van der Waals surface area contributed by atoms with Crippen LogP contribution in [-0.2, 0) is 14.1 Å². The van der Waals surface area contributed by atoms with Gasteiger partial charge in [-0.2, -0.15) is 10.2 Å². The Bertz CT molecular complexity index is 1170. The second kappa shape index (κ2) is 6.63. The topological polar surface area (TPSA) is 90.8 Å². The highest BCUT2D eigenvalue weighted by molar-refractivity contribution is 6.07. The molecule has 0 aliphatic heterocycles. The van der Waals surface area contributed by atoms with Gasteiger partial charge in [0, 0.05) is 25.9 Å². The molecule has 0 saturated heterocycles. The van der Waals surface area contributed by atoms with Gasteiger partial charge in [-0.05, 0) is 39.0 Å². The molecule has 144 valence electrons. The van der Waals surface area contributed by atoms with Gasteiger partial charge in [0.15, 0.2) is 11.4 Å². The van der Waals surface area contributed by atoms with Crippen LogP contribution in [0.2, 0.25) is 0 Å². The number of aromatic nitrogens is 5. The summed E-state index contributed by atoms with van der Waals surface area (Å²) in [6, 6.07) is 5.19. The molecule has 0 bridgehead atoms. The summed E-state index contributed by atoms with van der Waals surface area (Å²) in [5.74, 6) is 0.415. The summed E-state index contributed by atoms with van der Waals surface area (Å²) < 4.78 is 8.92. The van der Waals surface area contributed by atoms with Crippen molar-refractivity contribution in [2.75, 3.05) is 0 Å². The van der Waals surface area contributed by atoms with E-state index in [1.54, 1.807) is 27.8 Å². The summed E-state index contributed by atoms with van der Waals surface area (Å²) in [7, 11) is 3.68. The minimum atomic E-state index is -0.188. The molecular weight excluding hydrogens is 356 g/mol. The lowest BCUT2D eigenvalue weighted by atomic mass is 10.1. The van der Waals surface area contributed by atoms with Crippen LogP contribution in [0.15, 0.2) is 35.1 Å². The molecule has 4 heterocycles. The van der Waals surface area contributed by atoms with Crippen LogP contribution in [0.1, 0.15) is 40.3 Å². The largest absolute Gasteiger partial charge is 0.463 e. The van der Waals surface area contributed by atoms with E-state index < -0.39 is 0 Å². The van der Waals surface area contributed by atoms with E-state index in [-0.39, 0.29) is 11.9 Å². The molecule has 0 fully saturated rings. The SMILES string of the molecule is Cc1nn(C)cc1C(C)NC(=O)c1cc(-c2ccco2)nc2c1c(C)nn2C. The molecule has 0 aliphatic rings. The Kier molecular flexibility index (Phi) is 4.26. The summed E-state index contributed by atoms with van der Waals surface area (Å²) in [4.78, 5) is 17.9. The fourth-order valence-corrected chi connectivity index (χ4v) is 3.57. The first-order valence-corrected chi connectivity index (χ1v) is 9.04. The van der Waals surface area contributed by atoms with Crippen molar-refractivity contribution in [2.24, 2.45) is 14.1 Å². The molecule has 4 aromatic rings. The average molecular weight is 378 g/mol. The molecule has 1 amide bonds. The number of pyridine rings is 1. The zero-order chi connectivity index (χ0) is 20.0. The lowest BCUT2D eigenvalue weighted by Crippen LogP contribution is -2.27. The van der Waals surface area contributed by atoms with Crippen LogP contribution in [0, 0.1) is 13.8 Å². The minimum absolute atomic E-state index is 0.187. The van der Waals surface area contributed by atoms with Gasteiger partial charge in [-0.25, -0.2) is 4.98 Å². The number of furan rings is 1. The maximum Gasteiger partial charge on any atom is 0.252 e. The third-order valence-corrected chi connectivity index (χ3v) is 4.85. The van der Waals surface area contributed by atoms with Crippen LogP contribution in [-0.4, -0.2) is 30.5 Å². The van der Waals surface area contributed by atoms with Crippen molar-refractivity contribution in [3.05, 3.63) is 53.2 Å². The summed E-state index contributed by atoms with van der Waals surface area (Å²) in [6.07, 6.45) is 3.51. The van der Waals surface area contributed by atoms with E-state index >= 15 is 0 Å². The van der Waals surface area contributed by atoms with Crippen molar-refractivity contribution in [1.29, 1.82) is 0 Å². The van der Waals surface area contributed by atoms with E-state index in [0.29, 0.717) is 22.7 Å². The fourth-order valence-electron chi connectivity index (χ4n) is 3.57. The van der Waals surface area contributed by atoms with Crippen LogP contribution >= 0.6 is 0 Å². The van der Waals surface area contributed by atoms with Crippen LogP contribution in [0.3, 0.4) is 0 Å². The lowest BCUT2D eigenvalue weighted by Gasteiger charge is -2.14. The Hall–Kier alpha value is -3.42. The predicted molar refractivity (Wildman–Crippen MR) is 105 cm³/mol. The predicted octanol–water partition coefficient (Wildman–Crippen LogP) is 3.07. The molecule has 0 aromatic carbocycles. The monoisotopic (exact) mass is 378 g/mol. The summed E-state index contributed by atoms with van der Waals surface area (Å²) in [6.45, 7) is 5.76. The number of aryl methyl sites for hydroxylation is 4. The van der Waals surface area contributed by atoms with Crippen molar-refractivity contribution in [2.45, 2.75) is 26.8 Å². The number of rotatable bonds is 4. The number of amides is 1. The second-order valence-corrected chi connectivity index (χ2v) is 6.98. The maximum atomic E-state index is 13.2. The fraction of sp³-hybridized carbons (Fsp3) is 0.300. The van der Waals surface area contributed by atoms with Crippen LogP contribution < -0.4 is 5.32 Å². The van der Waals surface area contributed by atoms with E-state index in [1.807, 2.05) is 47.1 Å². The van der Waals surface area contributed by atoms with Crippen molar-refractivity contribution in [1.82, 2.24) is 29.9 Å². The molecule has 0 aliphatic carbocycles. The van der Waals surface area contributed by atoms with Crippen molar-refractivity contribution in [3.8, 4) is 11.5 Å².